The van der Waals surface area contributed by atoms with E-state index in [0.717, 1.165) is 32.7 Å². The van der Waals surface area contributed by atoms with E-state index in [-0.39, 0.29) is 0 Å². The molecular weight excluding hydrogens is 212 g/mol. The van der Waals surface area contributed by atoms with Gasteiger partial charge in [0, 0.05) is 39.5 Å². The van der Waals surface area contributed by atoms with Crippen LogP contribution in [0.5, 0.6) is 0 Å². The Hall–Kier alpha value is -1.06. The maximum Gasteiger partial charge on any atom is 0.0587 e. The lowest BCUT2D eigenvalue weighted by Gasteiger charge is -2.19. The van der Waals surface area contributed by atoms with Gasteiger partial charge in [0.05, 0.1) is 6.61 Å². The largest absolute Gasteiger partial charge is 0.383 e. The second-order valence-corrected chi connectivity index (χ2v) is 4.18. The molecule has 0 fully saturated rings. The van der Waals surface area contributed by atoms with Gasteiger partial charge in [-0.15, -0.1) is 0 Å². The molecule has 3 heteroatoms. The van der Waals surface area contributed by atoms with Gasteiger partial charge in [0.1, 0.15) is 0 Å². The van der Waals surface area contributed by atoms with E-state index < -0.39 is 0 Å². The van der Waals surface area contributed by atoms with Crippen LogP contribution in [0.15, 0.2) is 24.3 Å². The molecule has 0 aliphatic carbocycles. The van der Waals surface area contributed by atoms with E-state index in [4.69, 9.17) is 4.74 Å². The van der Waals surface area contributed by atoms with Gasteiger partial charge in [-0.2, -0.15) is 0 Å². The molecule has 0 amide bonds. The van der Waals surface area contributed by atoms with Crippen LogP contribution in [0.25, 0.3) is 0 Å². The van der Waals surface area contributed by atoms with Crippen molar-refractivity contribution in [1.82, 2.24) is 5.32 Å². The normalized spacial score (nSPS) is 10.5. The van der Waals surface area contributed by atoms with Gasteiger partial charge in [0.25, 0.3) is 0 Å². The van der Waals surface area contributed by atoms with Crippen LogP contribution in [-0.4, -0.2) is 40.4 Å². The smallest absolute Gasteiger partial charge is 0.0587 e. The quantitative estimate of drug-likeness (QED) is 0.698. The van der Waals surface area contributed by atoms with Gasteiger partial charge in [-0.1, -0.05) is 19.1 Å². The molecule has 0 unspecified atom stereocenters. The van der Waals surface area contributed by atoms with Crippen molar-refractivity contribution in [3.05, 3.63) is 29.8 Å². The number of hydrogen-bond donors (Lipinski definition) is 1. The molecule has 0 aliphatic rings. The molecule has 0 saturated carbocycles. The molecule has 0 spiro atoms. The molecule has 1 aromatic carbocycles. The van der Waals surface area contributed by atoms with E-state index in [1.54, 1.807) is 7.11 Å². The van der Waals surface area contributed by atoms with Gasteiger partial charge < -0.3 is 15.0 Å². The number of hydrogen-bond acceptors (Lipinski definition) is 3. The summed E-state index contributed by atoms with van der Waals surface area (Å²) in [7, 11) is 3.85. The van der Waals surface area contributed by atoms with Crippen molar-refractivity contribution in [2.45, 2.75) is 13.3 Å². The van der Waals surface area contributed by atoms with E-state index >= 15 is 0 Å². The van der Waals surface area contributed by atoms with Crippen LogP contribution in [-0.2, 0) is 11.2 Å². The predicted octanol–water partition coefficient (Wildman–Crippen LogP) is 1.92. The topological polar surface area (TPSA) is 24.5 Å². The van der Waals surface area contributed by atoms with Crippen LogP contribution in [0.1, 0.15) is 12.5 Å². The second kappa shape index (κ2) is 8.09. The van der Waals surface area contributed by atoms with Crippen molar-refractivity contribution >= 4 is 5.69 Å². The average molecular weight is 236 g/mol. The minimum absolute atomic E-state index is 0.773. The zero-order valence-electron chi connectivity index (χ0n) is 11.2. The number of nitrogens with one attached hydrogen (secondary N) is 1. The summed E-state index contributed by atoms with van der Waals surface area (Å²) in [5.41, 5.74) is 2.66. The maximum atomic E-state index is 4.98. The van der Waals surface area contributed by atoms with E-state index in [1.807, 2.05) is 0 Å². The molecule has 1 rings (SSSR count). The first-order chi connectivity index (χ1) is 8.27. The molecule has 3 nitrogen and oxygen atoms in total. The van der Waals surface area contributed by atoms with Crippen LogP contribution >= 0.6 is 0 Å². The van der Waals surface area contributed by atoms with Crippen LogP contribution in [0.2, 0.25) is 0 Å². The number of nitrogens with zero attached hydrogens (tertiary/aromatic N) is 1. The first-order valence-corrected chi connectivity index (χ1v) is 6.27. The van der Waals surface area contributed by atoms with Crippen LogP contribution in [0, 0.1) is 0 Å². The number of anilines is 1. The van der Waals surface area contributed by atoms with Gasteiger partial charge in [0.15, 0.2) is 0 Å². The van der Waals surface area contributed by atoms with E-state index in [1.165, 1.54) is 11.3 Å². The Kier molecular flexibility index (Phi) is 6.67. The van der Waals surface area contributed by atoms with Crippen molar-refractivity contribution < 1.29 is 4.74 Å². The fourth-order valence-electron chi connectivity index (χ4n) is 1.66. The SMILES string of the molecule is CCc1ccc(N(C)CCNCCOC)cc1. The van der Waals surface area contributed by atoms with Gasteiger partial charge in [-0.25, -0.2) is 0 Å². The minimum Gasteiger partial charge on any atom is -0.383 e. The lowest BCUT2D eigenvalue weighted by Crippen LogP contribution is -2.30. The molecule has 17 heavy (non-hydrogen) atoms. The molecular formula is C14H24N2O. The highest BCUT2D eigenvalue weighted by molar-refractivity contribution is 5.46. The van der Waals surface area contributed by atoms with E-state index in [0.29, 0.717) is 0 Å². The third-order valence-corrected chi connectivity index (χ3v) is 2.89. The van der Waals surface area contributed by atoms with Crippen molar-refractivity contribution in [1.29, 1.82) is 0 Å². The molecule has 1 aromatic rings. The number of methoxy groups -OCH3 is 1. The first-order valence-electron chi connectivity index (χ1n) is 6.27. The molecule has 0 atom stereocenters. The van der Waals surface area contributed by atoms with Crippen molar-refractivity contribution in [3.8, 4) is 0 Å². The van der Waals surface area contributed by atoms with E-state index in [9.17, 15) is 0 Å². The van der Waals surface area contributed by atoms with Gasteiger partial charge in [0.2, 0.25) is 0 Å². The molecule has 0 bridgehead atoms. The molecule has 0 heterocycles. The molecule has 1 N–H and O–H groups in total. The lowest BCUT2D eigenvalue weighted by molar-refractivity contribution is 0.200. The molecule has 0 aliphatic heterocycles. The monoisotopic (exact) mass is 236 g/mol. The molecule has 0 saturated heterocycles. The molecule has 96 valence electrons. The number of ether oxygens (including phenoxy) is 1. The summed E-state index contributed by atoms with van der Waals surface area (Å²) < 4.78 is 4.98. The van der Waals surface area contributed by atoms with Crippen LogP contribution < -0.4 is 10.2 Å². The van der Waals surface area contributed by atoms with Crippen molar-refractivity contribution in [2.75, 3.05) is 45.3 Å². The third kappa shape index (κ3) is 5.20. The number of likely N-dealkylation sites (N-methyl/N-ethyl adjacent to an activating group) is 1. The standard InChI is InChI=1S/C14H24N2O/c1-4-13-5-7-14(8-6-13)16(2)11-9-15-10-12-17-3/h5-8,15H,4,9-12H2,1-3H3. The number of benzene rings is 1. The van der Waals surface area contributed by atoms with Gasteiger partial charge in [-0.3, -0.25) is 0 Å². The average Bonchev–Trinajstić information content (AvgIpc) is 2.38. The number of rotatable bonds is 8. The van der Waals surface area contributed by atoms with Crippen molar-refractivity contribution in [3.63, 3.8) is 0 Å². The Morgan fingerprint density at radius 3 is 2.47 bits per heavy atom. The Balaban J connectivity index is 2.28. The Morgan fingerprint density at radius 2 is 1.88 bits per heavy atom. The first kappa shape index (κ1) is 14.0. The van der Waals surface area contributed by atoms with Crippen LogP contribution in [0.3, 0.4) is 0 Å². The molecule has 0 radical (unpaired) electrons. The Labute approximate surface area is 105 Å². The summed E-state index contributed by atoms with van der Waals surface area (Å²) in [5, 5.41) is 3.34. The zero-order valence-corrected chi connectivity index (χ0v) is 11.2. The third-order valence-electron chi connectivity index (χ3n) is 2.89. The van der Waals surface area contributed by atoms with Gasteiger partial charge in [-0.05, 0) is 24.1 Å². The summed E-state index contributed by atoms with van der Waals surface area (Å²) in [6.45, 7) is 5.86. The number of aryl methyl sites for hydroxylation is 1. The second-order valence-electron chi connectivity index (χ2n) is 4.18. The fourth-order valence-corrected chi connectivity index (χ4v) is 1.66. The zero-order chi connectivity index (χ0) is 12.5. The highest BCUT2D eigenvalue weighted by Gasteiger charge is 1.99. The summed E-state index contributed by atoms with van der Waals surface area (Å²) in [5.74, 6) is 0. The van der Waals surface area contributed by atoms with Crippen molar-refractivity contribution in [2.24, 2.45) is 0 Å². The Bertz CT molecular complexity index is 298. The summed E-state index contributed by atoms with van der Waals surface area (Å²) >= 11 is 0. The maximum absolute atomic E-state index is 4.98. The van der Waals surface area contributed by atoms with Crippen LogP contribution in [0.4, 0.5) is 5.69 Å². The minimum atomic E-state index is 0.773. The summed E-state index contributed by atoms with van der Waals surface area (Å²) in [4.78, 5) is 2.26. The predicted molar refractivity (Wildman–Crippen MR) is 73.8 cm³/mol. The summed E-state index contributed by atoms with van der Waals surface area (Å²) in [6, 6.07) is 8.77. The van der Waals surface area contributed by atoms with E-state index in [2.05, 4.69) is 48.5 Å². The molecule has 0 aromatic heterocycles. The fraction of sp³-hybridized carbons (Fsp3) is 0.571. The lowest BCUT2D eigenvalue weighted by atomic mass is 10.1. The highest BCUT2D eigenvalue weighted by atomic mass is 16.5. The van der Waals surface area contributed by atoms with Gasteiger partial charge >= 0.3 is 0 Å². The summed E-state index contributed by atoms with van der Waals surface area (Å²) in [6.07, 6.45) is 1.10. The highest BCUT2D eigenvalue weighted by Crippen LogP contribution is 2.13. The Morgan fingerprint density at radius 1 is 1.18 bits per heavy atom.